The summed E-state index contributed by atoms with van der Waals surface area (Å²) in [5.41, 5.74) is 7.91. The van der Waals surface area contributed by atoms with Gasteiger partial charge in [0.05, 0.1) is 24.0 Å². The first-order valence-corrected chi connectivity index (χ1v) is 6.38. The van der Waals surface area contributed by atoms with Gasteiger partial charge in [0, 0.05) is 13.7 Å². The topological polar surface area (TPSA) is 65.1 Å². The molecule has 2 heterocycles. The van der Waals surface area contributed by atoms with Crippen LogP contribution in [0.15, 0.2) is 0 Å². The Morgan fingerprint density at radius 3 is 3.06 bits per heavy atom. The first kappa shape index (κ1) is 12.2. The average Bonchev–Trinajstić information content (AvgIpc) is 2.59. The quantitative estimate of drug-likeness (QED) is 0.835. The minimum atomic E-state index is 0.357. The van der Waals surface area contributed by atoms with Crippen molar-refractivity contribution in [1.82, 2.24) is 9.78 Å². The Hall–Kier alpha value is -1.23. The van der Waals surface area contributed by atoms with Gasteiger partial charge in [-0.05, 0) is 19.3 Å². The van der Waals surface area contributed by atoms with Crippen LogP contribution in [0.3, 0.4) is 0 Å². The maximum Gasteiger partial charge on any atom is 0.148 e. The molecule has 1 fully saturated rings. The summed E-state index contributed by atoms with van der Waals surface area (Å²) in [7, 11) is 1.93. The molecule has 0 aliphatic carbocycles. The molecule has 1 atom stereocenters. The SMILES string of the molecule is CCCc1nn(C)c(NC2CCCOC2)c1N. The fourth-order valence-electron chi connectivity index (χ4n) is 2.24. The predicted molar refractivity (Wildman–Crippen MR) is 69.1 cm³/mol. The molecule has 1 aliphatic heterocycles. The third-order valence-corrected chi connectivity index (χ3v) is 3.15. The Labute approximate surface area is 102 Å². The van der Waals surface area contributed by atoms with Gasteiger partial charge < -0.3 is 15.8 Å². The Balaban J connectivity index is 2.08. The van der Waals surface area contributed by atoms with Crippen LogP contribution in [0.1, 0.15) is 31.9 Å². The largest absolute Gasteiger partial charge is 0.394 e. The molecule has 0 saturated carbocycles. The first-order valence-electron chi connectivity index (χ1n) is 6.38. The number of hydrogen-bond acceptors (Lipinski definition) is 4. The van der Waals surface area contributed by atoms with E-state index in [1.54, 1.807) is 0 Å². The predicted octanol–water partition coefficient (Wildman–Crippen LogP) is 1.55. The van der Waals surface area contributed by atoms with Gasteiger partial charge in [-0.1, -0.05) is 13.3 Å². The van der Waals surface area contributed by atoms with Gasteiger partial charge in [-0.15, -0.1) is 0 Å². The van der Waals surface area contributed by atoms with Crippen molar-refractivity contribution in [2.75, 3.05) is 24.3 Å². The van der Waals surface area contributed by atoms with Gasteiger partial charge in [0.1, 0.15) is 5.82 Å². The van der Waals surface area contributed by atoms with Gasteiger partial charge in [-0.3, -0.25) is 4.68 Å². The van der Waals surface area contributed by atoms with Crippen molar-refractivity contribution in [2.24, 2.45) is 7.05 Å². The second-order valence-electron chi connectivity index (χ2n) is 4.64. The molecule has 5 heteroatoms. The van der Waals surface area contributed by atoms with Gasteiger partial charge >= 0.3 is 0 Å². The lowest BCUT2D eigenvalue weighted by molar-refractivity contribution is 0.0874. The van der Waals surface area contributed by atoms with Crippen molar-refractivity contribution in [3.05, 3.63) is 5.69 Å². The fourth-order valence-corrected chi connectivity index (χ4v) is 2.24. The molecule has 0 amide bonds. The summed E-state index contributed by atoms with van der Waals surface area (Å²) in [6.07, 6.45) is 4.24. The highest BCUT2D eigenvalue weighted by Crippen LogP contribution is 2.25. The summed E-state index contributed by atoms with van der Waals surface area (Å²) < 4.78 is 7.30. The van der Waals surface area contributed by atoms with Gasteiger partial charge in [0.25, 0.3) is 0 Å². The van der Waals surface area contributed by atoms with Gasteiger partial charge in [0.2, 0.25) is 0 Å². The van der Waals surface area contributed by atoms with E-state index in [2.05, 4.69) is 17.3 Å². The molecule has 0 bridgehead atoms. The fraction of sp³-hybridized carbons (Fsp3) is 0.750. The molecule has 17 heavy (non-hydrogen) atoms. The Morgan fingerprint density at radius 1 is 1.59 bits per heavy atom. The maximum absolute atomic E-state index is 6.12. The summed E-state index contributed by atoms with van der Waals surface area (Å²) in [5, 5.41) is 7.90. The van der Waals surface area contributed by atoms with Crippen LogP contribution in [0.5, 0.6) is 0 Å². The summed E-state index contributed by atoms with van der Waals surface area (Å²) >= 11 is 0. The van der Waals surface area contributed by atoms with Gasteiger partial charge in [0.15, 0.2) is 0 Å². The average molecular weight is 238 g/mol. The third kappa shape index (κ3) is 2.72. The lowest BCUT2D eigenvalue weighted by atomic mass is 10.1. The van der Waals surface area contributed by atoms with E-state index in [1.165, 1.54) is 0 Å². The van der Waals surface area contributed by atoms with Crippen molar-refractivity contribution in [2.45, 2.75) is 38.6 Å². The van der Waals surface area contributed by atoms with Crippen LogP contribution >= 0.6 is 0 Å². The molecular weight excluding hydrogens is 216 g/mol. The zero-order valence-electron chi connectivity index (χ0n) is 10.7. The number of rotatable bonds is 4. The standard InChI is InChI=1S/C12H22N4O/c1-3-5-10-11(13)12(16(2)15-10)14-9-6-4-7-17-8-9/h9,14H,3-8,13H2,1-2H3. The number of aryl methyl sites for hydroxylation is 2. The van der Waals surface area contributed by atoms with E-state index in [-0.39, 0.29) is 0 Å². The molecule has 0 aromatic carbocycles. The summed E-state index contributed by atoms with van der Waals surface area (Å²) in [6, 6.07) is 0.357. The molecule has 3 N–H and O–H groups in total. The summed E-state index contributed by atoms with van der Waals surface area (Å²) in [4.78, 5) is 0. The highest BCUT2D eigenvalue weighted by molar-refractivity contribution is 5.65. The van der Waals surface area contributed by atoms with Crippen molar-refractivity contribution in [1.29, 1.82) is 0 Å². The summed E-state index contributed by atoms with van der Waals surface area (Å²) in [5.74, 6) is 0.934. The van der Waals surface area contributed by atoms with Crippen LogP contribution in [0, 0.1) is 0 Å². The monoisotopic (exact) mass is 238 g/mol. The zero-order chi connectivity index (χ0) is 12.3. The zero-order valence-corrected chi connectivity index (χ0v) is 10.7. The molecule has 1 unspecified atom stereocenters. The number of nitrogens with two attached hydrogens (primary N) is 1. The van der Waals surface area contributed by atoms with E-state index in [0.29, 0.717) is 6.04 Å². The number of nitrogens with one attached hydrogen (secondary N) is 1. The second kappa shape index (κ2) is 5.40. The molecule has 1 aliphatic rings. The van der Waals surface area contributed by atoms with Crippen LogP contribution in [0.25, 0.3) is 0 Å². The molecule has 1 saturated heterocycles. The number of nitrogen functional groups attached to an aromatic ring is 1. The van der Waals surface area contributed by atoms with Gasteiger partial charge in [-0.25, -0.2) is 0 Å². The number of aromatic nitrogens is 2. The normalized spacial score (nSPS) is 20.5. The van der Waals surface area contributed by atoms with Crippen LogP contribution in [-0.2, 0) is 18.2 Å². The molecule has 0 radical (unpaired) electrons. The number of anilines is 2. The number of hydrogen-bond donors (Lipinski definition) is 2. The third-order valence-electron chi connectivity index (χ3n) is 3.15. The van der Waals surface area contributed by atoms with Crippen LogP contribution in [0.2, 0.25) is 0 Å². The molecule has 96 valence electrons. The van der Waals surface area contributed by atoms with E-state index in [9.17, 15) is 0 Å². The van der Waals surface area contributed by atoms with E-state index in [0.717, 1.165) is 56.1 Å². The molecular formula is C12H22N4O. The van der Waals surface area contributed by atoms with Gasteiger partial charge in [-0.2, -0.15) is 5.10 Å². The number of ether oxygens (including phenoxy) is 1. The minimum absolute atomic E-state index is 0.357. The minimum Gasteiger partial charge on any atom is -0.394 e. The molecule has 1 aromatic rings. The maximum atomic E-state index is 6.12. The smallest absolute Gasteiger partial charge is 0.148 e. The molecule has 5 nitrogen and oxygen atoms in total. The highest BCUT2D eigenvalue weighted by Gasteiger charge is 2.18. The second-order valence-corrected chi connectivity index (χ2v) is 4.64. The van der Waals surface area contributed by atoms with E-state index < -0.39 is 0 Å². The lowest BCUT2D eigenvalue weighted by Gasteiger charge is -2.24. The van der Waals surface area contributed by atoms with Crippen LogP contribution < -0.4 is 11.1 Å². The van der Waals surface area contributed by atoms with Crippen LogP contribution in [0.4, 0.5) is 11.5 Å². The highest BCUT2D eigenvalue weighted by atomic mass is 16.5. The van der Waals surface area contributed by atoms with Crippen molar-refractivity contribution in [3.8, 4) is 0 Å². The Bertz CT molecular complexity index is 369. The van der Waals surface area contributed by atoms with Crippen LogP contribution in [-0.4, -0.2) is 29.0 Å². The van der Waals surface area contributed by atoms with E-state index in [4.69, 9.17) is 10.5 Å². The Kier molecular flexibility index (Phi) is 3.89. The Morgan fingerprint density at radius 2 is 2.41 bits per heavy atom. The number of nitrogens with zero attached hydrogens (tertiary/aromatic N) is 2. The first-order chi connectivity index (χ1) is 8.22. The van der Waals surface area contributed by atoms with E-state index >= 15 is 0 Å². The van der Waals surface area contributed by atoms with Crippen molar-refractivity contribution in [3.63, 3.8) is 0 Å². The van der Waals surface area contributed by atoms with Crippen molar-refractivity contribution >= 4 is 11.5 Å². The molecule has 0 spiro atoms. The van der Waals surface area contributed by atoms with E-state index in [1.807, 2.05) is 11.7 Å². The van der Waals surface area contributed by atoms with Crippen molar-refractivity contribution < 1.29 is 4.74 Å². The molecule has 2 rings (SSSR count). The molecule has 1 aromatic heterocycles. The summed E-state index contributed by atoms with van der Waals surface area (Å²) in [6.45, 7) is 3.77. The lowest BCUT2D eigenvalue weighted by Crippen LogP contribution is -2.31.